The van der Waals surface area contributed by atoms with Crippen LogP contribution < -0.4 is 10.6 Å². The molecule has 0 aromatic carbocycles. The van der Waals surface area contributed by atoms with Crippen LogP contribution >= 0.6 is 0 Å². The van der Waals surface area contributed by atoms with Gasteiger partial charge in [-0.15, -0.1) is 0 Å². The van der Waals surface area contributed by atoms with E-state index >= 15 is 0 Å². The second-order valence-corrected chi connectivity index (χ2v) is 7.25. The summed E-state index contributed by atoms with van der Waals surface area (Å²) in [5, 5.41) is 5.47. The zero-order valence-electron chi connectivity index (χ0n) is 15.8. The number of rotatable bonds is 5. The molecule has 0 bridgehead atoms. The molecule has 2 heterocycles. The summed E-state index contributed by atoms with van der Waals surface area (Å²) in [6.45, 7) is 2.09. The highest BCUT2D eigenvalue weighted by Crippen LogP contribution is 2.44. The number of amides is 2. The van der Waals surface area contributed by atoms with Crippen molar-refractivity contribution < 1.29 is 19.1 Å². The van der Waals surface area contributed by atoms with Gasteiger partial charge in [-0.25, -0.2) is 9.97 Å². The summed E-state index contributed by atoms with van der Waals surface area (Å²) < 4.78 is 5.60. The van der Waals surface area contributed by atoms with Gasteiger partial charge in [0.25, 0.3) is 5.91 Å². The van der Waals surface area contributed by atoms with Crippen LogP contribution in [0.2, 0.25) is 0 Å². The number of carbonyl (C=O) groups excluding carboxylic acids is 3. The summed E-state index contributed by atoms with van der Waals surface area (Å²) in [5.74, 6) is -0.566. The van der Waals surface area contributed by atoms with Crippen molar-refractivity contribution in [3.8, 4) is 0 Å². The molecule has 8 heteroatoms. The normalized spacial score (nSPS) is 21.0. The molecule has 1 aromatic rings. The van der Waals surface area contributed by atoms with E-state index in [0.717, 1.165) is 32.1 Å². The van der Waals surface area contributed by atoms with Crippen LogP contribution in [0.25, 0.3) is 0 Å². The van der Waals surface area contributed by atoms with Crippen molar-refractivity contribution >= 4 is 17.8 Å². The number of esters is 1. The van der Waals surface area contributed by atoms with Gasteiger partial charge in [0.1, 0.15) is 11.4 Å². The number of carbonyl (C=O) groups is 3. The molecule has 2 aliphatic rings. The second-order valence-electron chi connectivity index (χ2n) is 7.25. The van der Waals surface area contributed by atoms with E-state index in [1.165, 1.54) is 6.20 Å². The molecule has 1 aromatic heterocycles. The van der Waals surface area contributed by atoms with Crippen LogP contribution in [-0.4, -0.2) is 46.9 Å². The summed E-state index contributed by atoms with van der Waals surface area (Å²) in [7, 11) is 1.55. The van der Waals surface area contributed by atoms with Gasteiger partial charge in [-0.05, 0) is 32.6 Å². The molecule has 0 radical (unpaired) electrons. The highest BCUT2D eigenvalue weighted by molar-refractivity contribution is 5.94. The number of hydrogen-bond donors (Lipinski definition) is 2. The van der Waals surface area contributed by atoms with Gasteiger partial charge < -0.3 is 15.4 Å². The lowest BCUT2D eigenvalue weighted by atomic mass is 9.75. The average Bonchev–Trinajstić information content (AvgIpc) is 2.97. The van der Waals surface area contributed by atoms with Gasteiger partial charge in [0.05, 0.1) is 23.6 Å². The Bertz CT molecular complexity index is 743. The first-order valence-electron chi connectivity index (χ1n) is 9.49. The van der Waals surface area contributed by atoms with E-state index in [0.29, 0.717) is 30.0 Å². The summed E-state index contributed by atoms with van der Waals surface area (Å²) in [4.78, 5) is 44.9. The van der Waals surface area contributed by atoms with Gasteiger partial charge in [0, 0.05) is 26.2 Å². The fourth-order valence-corrected chi connectivity index (χ4v) is 4.08. The topological polar surface area (TPSA) is 110 Å². The fraction of sp³-hybridized carbons (Fsp3) is 0.632. The van der Waals surface area contributed by atoms with E-state index in [9.17, 15) is 14.4 Å². The lowest BCUT2D eigenvalue weighted by Crippen LogP contribution is -2.46. The quantitative estimate of drug-likeness (QED) is 0.746. The van der Waals surface area contributed by atoms with Crippen molar-refractivity contribution in [2.75, 3.05) is 13.6 Å². The first kappa shape index (κ1) is 19.3. The molecule has 1 spiro atoms. The SMILES string of the molecule is CNC(=O)c1cnc(C)nc1CCNC(=O)C1CC(=O)OC12CCCCC2. The molecule has 1 aliphatic heterocycles. The van der Waals surface area contributed by atoms with Crippen molar-refractivity contribution in [2.45, 2.75) is 57.5 Å². The van der Waals surface area contributed by atoms with Crippen molar-refractivity contribution in [3.63, 3.8) is 0 Å². The Morgan fingerprint density at radius 2 is 2.04 bits per heavy atom. The molecular formula is C19H26N4O4. The highest BCUT2D eigenvalue weighted by atomic mass is 16.6. The van der Waals surface area contributed by atoms with Gasteiger partial charge in [0.2, 0.25) is 5.91 Å². The van der Waals surface area contributed by atoms with Crippen molar-refractivity contribution in [1.29, 1.82) is 0 Å². The Morgan fingerprint density at radius 3 is 2.74 bits per heavy atom. The number of aryl methyl sites for hydroxylation is 1. The number of hydrogen-bond acceptors (Lipinski definition) is 6. The first-order chi connectivity index (χ1) is 12.9. The number of nitrogens with one attached hydrogen (secondary N) is 2. The van der Waals surface area contributed by atoms with Crippen molar-refractivity contribution in [3.05, 3.63) is 23.3 Å². The van der Waals surface area contributed by atoms with Gasteiger partial charge in [-0.2, -0.15) is 0 Å². The van der Waals surface area contributed by atoms with Gasteiger partial charge in [-0.3, -0.25) is 14.4 Å². The lowest BCUT2D eigenvalue weighted by Gasteiger charge is -2.36. The van der Waals surface area contributed by atoms with Gasteiger partial charge >= 0.3 is 5.97 Å². The molecule has 1 saturated heterocycles. The van der Waals surface area contributed by atoms with E-state index in [2.05, 4.69) is 20.6 Å². The number of aromatic nitrogens is 2. The Morgan fingerprint density at radius 1 is 1.30 bits per heavy atom. The Labute approximate surface area is 158 Å². The minimum atomic E-state index is -0.627. The van der Waals surface area contributed by atoms with E-state index in [4.69, 9.17) is 4.74 Å². The minimum Gasteiger partial charge on any atom is -0.458 e. The monoisotopic (exact) mass is 374 g/mol. The third-order valence-electron chi connectivity index (χ3n) is 5.46. The van der Waals surface area contributed by atoms with Gasteiger partial charge in [0.15, 0.2) is 0 Å². The molecule has 2 N–H and O–H groups in total. The smallest absolute Gasteiger partial charge is 0.307 e. The van der Waals surface area contributed by atoms with Crippen LogP contribution in [0.15, 0.2) is 6.20 Å². The Kier molecular flexibility index (Phi) is 5.72. The van der Waals surface area contributed by atoms with Crippen LogP contribution in [0, 0.1) is 12.8 Å². The molecule has 1 aliphatic carbocycles. The fourth-order valence-electron chi connectivity index (χ4n) is 4.08. The average molecular weight is 374 g/mol. The van der Waals surface area contributed by atoms with Crippen molar-refractivity contribution in [2.24, 2.45) is 5.92 Å². The maximum absolute atomic E-state index is 12.7. The number of nitrogens with zero attached hydrogens (tertiary/aromatic N) is 2. The lowest BCUT2D eigenvalue weighted by molar-refractivity contribution is -0.153. The maximum Gasteiger partial charge on any atom is 0.307 e. The number of ether oxygens (including phenoxy) is 1. The Balaban J connectivity index is 1.64. The van der Waals surface area contributed by atoms with Crippen LogP contribution in [0.3, 0.4) is 0 Å². The predicted molar refractivity (Wildman–Crippen MR) is 96.9 cm³/mol. The van der Waals surface area contributed by atoms with Gasteiger partial charge in [-0.1, -0.05) is 6.42 Å². The summed E-state index contributed by atoms with van der Waals surface area (Å²) in [6, 6.07) is 0. The minimum absolute atomic E-state index is 0.141. The van der Waals surface area contributed by atoms with E-state index in [1.807, 2.05) is 0 Å². The molecule has 1 unspecified atom stereocenters. The summed E-state index contributed by atoms with van der Waals surface area (Å²) in [6.07, 6.45) is 6.63. The largest absolute Gasteiger partial charge is 0.458 e. The predicted octanol–water partition coefficient (Wildman–Crippen LogP) is 1.07. The molecule has 2 amide bonds. The molecule has 3 rings (SSSR count). The zero-order chi connectivity index (χ0) is 19.4. The molecular weight excluding hydrogens is 348 g/mol. The zero-order valence-corrected chi connectivity index (χ0v) is 15.8. The molecule has 1 saturated carbocycles. The molecule has 1 atom stereocenters. The second kappa shape index (κ2) is 8.02. The van der Waals surface area contributed by atoms with Crippen LogP contribution in [-0.2, 0) is 20.7 Å². The maximum atomic E-state index is 12.7. The standard InChI is InChI=1S/C19H26N4O4/c1-12-22-11-13(17(25)20-2)15(23-12)6-9-21-18(26)14-10-16(24)27-19(14)7-4-3-5-8-19/h11,14H,3-10H2,1-2H3,(H,20,25)(H,21,26). The van der Waals surface area contributed by atoms with E-state index < -0.39 is 11.5 Å². The summed E-state index contributed by atoms with van der Waals surface area (Å²) >= 11 is 0. The van der Waals surface area contributed by atoms with Crippen LogP contribution in [0.1, 0.15) is 60.4 Å². The third-order valence-corrected chi connectivity index (χ3v) is 5.46. The van der Waals surface area contributed by atoms with E-state index in [-0.39, 0.29) is 24.2 Å². The highest BCUT2D eigenvalue weighted by Gasteiger charge is 2.52. The van der Waals surface area contributed by atoms with Crippen molar-refractivity contribution in [1.82, 2.24) is 20.6 Å². The molecule has 146 valence electrons. The third kappa shape index (κ3) is 4.09. The molecule has 8 nitrogen and oxygen atoms in total. The molecule has 27 heavy (non-hydrogen) atoms. The van der Waals surface area contributed by atoms with E-state index in [1.54, 1.807) is 14.0 Å². The van der Waals surface area contributed by atoms with Crippen LogP contribution in [0.5, 0.6) is 0 Å². The van der Waals surface area contributed by atoms with Crippen LogP contribution in [0.4, 0.5) is 0 Å². The molecule has 2 fully saturated rings. The Hall–Kier alpha value is -2.51. The summed E-state index contributed by atoms with van der Waals surface area (Å²) in [5.41, 5.74) is 0.367. The first-order valence-corrected chi connectivity index (χ1v) is 9.49.